The van der Waals surface area contributed by atoms with Gasteiger partial charge in [0.15, 0.2) is 6.61 Å². The van der Waals surface area contributed by atoms with E-state index in [0.29, 0.717) is 16.7 Å². The molecule has 0 amide bonds. The number of benzene rings is 1. The fourth-order valence-electron chi connectivity index (χ4n) is 3.63. The number of hydrogen-bond donors (Lipinski definition) is 0. The summed E-state index contributed by atoms with van der Waals surface area (Å²) in [5.41, 5.74) is 3.54. The van der Waals surface area contributed by atoms with Crippen LogP contribution in [0.4, 0.5) is 0 Å². The van der Waals surface area contributed by atoms with Gasteiger partial charge in [-0.1, -0.05) is 12.1 Å². The molecule has 0 spiro atoms. The lowest BCUT2D eigenvalue weighted by molar-refractivity contribution is -0.136. The second-order valence-corrected chi connectivity index (χ2v) is 7.51. The zero-order chi connectivity index (χ0) is 22.4. The van der Waals surface area contributed by atoms with Gasteiger partial charge in [-0.3, -0.25) is 4.79 Å². The summed E-state index contributed by atoms with van der Waals surface area (Å²) in [6, 6.07) is 8.41. The first-order valence-corrected chi connectivity index (χ1v) is 10.2. The van der Waals surface area contributed by atoms with Crippen molar-refractivity contribution in [2.45, 2.75) is 39.3 Å². The fourth-order valence-corrected chi connectivity index (χ4v) is 3.63. The van der Waals surface area contributed by atoms with E-state index in [1.54, 1.807) is 30.3 Å². The zero-order valence-electron chi connectivity index (χ0n) is 18.1. The summed E-state index contributed by atoms with van der Waals surface area (Å²) in [6.07, 6.45) is 5.07. The number of ether oxygens (including phenoxy) is 3. The van der Waals surface area contributed by atoms with E-state index in [4.69, 9.17) is 9.47 Å². The van der Waals surface area contributed by atoms with Gasteiger partial charge < -0.3 is 18.8 Å². The van der Waals surface area contributed by atoms with Crippen LogP contribution >= 0.6 is 0 Å². The molecular weight excluding hydrogens is 398 g/mol. The molecule has 1 aromatic heterocycles. The number of aryl methyl sites for hydroxylation is 1. The maximum atomic E-state index is 12.6. The molecule has 1 aromatic carbocycles. The molecule has 1 atom stereocenters. The van der Waals surface area contributed by atoms with Crippen LogP contribution in [0.2, 0.25) is 0 Å². The number of Topliss-reactive ketones (excluding diaryl/α,β-unsaturated/α-hetero) is 1. The molecule has 0 unspecified atom stereocenters. The predicted molar refractivity (Wildman–Crippen MR) is 115 cm³/mol. The van der Waals surface area contributed by atoms with Crippen molar-refractivity contribution in [3.8, 4) is 0 Å². The highest BCUT2D eigenvalue weighted by Gasteiger charge is 2.21. The maximum absolute atomic E-state index is 12.6. The van der Waals surface area contributed by atoms with Crippen LogP contribution in [0.5, 0.6) is 0 Å². The van der Waals surface area contributed by atoms with E-state index in [0.717, 1.165) is 37.4 Å². The lowest BCUT2D eigenvalue weighted by Crippen LogP contribution is -2.18. The van der Waals surface area contributed by atoms with Crippen molar-refractivity contribution in [2.75, 3.05) is 20.3 Å². The molecule has 0 aliphatic carbocycles. The Kier molecular flexibility index (Phi) is 7.41. The number of carbonyl (C=O) groups is 3. The first-order valence-electron chi connectivity index (χ1n) is 10.2. The van der Waals surface area contributed by atoms with E-state index in [1.807, 2.05) is 19.9 Å². The molecule has 0 saturated carbocycles. The Hall–Kier alpha value is -3.19. The average molecular weight is 425 g/mol. The van der Waals surface area contributed by atoms with E-state index in [2.05, 4.69) is 9.30 Å². The summed E-state index contributed by atoms with van der Waals surface area (Å²) < 4.78 is 17.5. The molecule has 1 saturated heterocycles. The number of aromatic nitrogens is 1. The second kappa shape index (κ2) is 10.2. The van der Waals surface area contributed by atoms with Crippen LogP contribution in [0, 0.1) is 13.8 Å². The molecule has 2 aromatic rings. The van der Waals surface area contributed by atoms with Crippen LogP contribution in [0.15, 0.2) is 36.4 Å². The molecule has 7 heteroatoms. The van der Waals surface area contributed by atoms with Crippen LogP contribution < -0.4 is 0 Å². The zero-order valence-corrected chi connectivity index (χ0v) is 18.1. The molecule has 3 rings (SSSR count). The van der Waals surface area contributed by atoms with Gasteiger partial charge in [0.1, 0.15) is 0 Å². The summed E-state index contributed by atoms with van der Waals surface area (Å²) in [5, 5.41) is 0. The molecule has 1 aliphatic rings. The van der Waals surface area contributed by atoms with Crippen LogP contribution in [-0.2, 0) is 25.5 Å². The molecule has 0 N–H and O–H groups in total. The van der Waals surface area contributed by atoms with E-state index in [1.165, 1.54) is 13.2 Å². The monoisotopic (exact) mass is 425 g/mol. The number of hydrogen-bond acceptors (Lipinski definition) is 6. The van der Waals surface area contributed by atoms with E-state index in [-0.39, 0.29) is 18.5 Å². The third-order valence-electron chi connectivity index (χ3n) is 5.37. The van der Waals surface area contributed by atoms with Crippen molar-refractivity contribution in [1.82, 2.24) is 4.57 Å². The number of rotatable bonds is 8. The highest BCUT2D eigenvalue weighted by Crippen LogP contribution is 2.20. The van der Waals surface area contributed by atoms with Gasteiger partial charge in [-0.05, 0) is 56.5 Å². The van der Waals surface area contributed by atoms with Crippen molar-refractivity contribution >= 4 is 23.8 Å². The average Bonchev–Trinajstić information content (AvgIpc) is 3.39. The number of esters is 2. The number of ketones is 1. The van der Waals surface area contributed by atoms with Crippen LogP contribution in [-0.4, -0.2) is 48.7 Å². The quantitative estimate of drug-likeness (QED) is 0.366. The third-order valence-corrected chi connectivity index (χ3v) is 5.37. The third kappa shape index (κ3) is 5.70. The van der Waals surface area contributed by atoms with Crippen LogP contribution in [0.25, 0.3) is 6.08 Å². The predicted octanol–water partition coefficient (Wildman–Crippen LogP) is 3.51. The summed E-state index contributed by atoms with van der Waals surface area (Å²) in [4.78, 5) is 36.0. The van der Waals surface area contributed by atoms with Gasteiger partial charge in [-0.2, -0.15) is 0 Å². The minimum Gasteiger partial charge on any atom is -0.465 e. The topological polar surface area (TPSA) is 83.8 Å². The first kappa shape index (κ1) is 22.5. The molecule has 7 nitrogen and oxygen atoms in total. The lowest BCUT2D eigenvalue weighted by Gasteiger charge is -2.14. The van der Waals surface area contributed by atoms with E-state index >= 15 is 0 Å². The SMILES string of the molecule is COC(=O)c1ccc(/C=C/C(=O)OCC(=O)c2cc(C)n(C[C@@H]3CCCO3)c2C)cc1. The Labute approximate surface area is 181 Å². The Morgan fingerprint density at radius 3 is 2.58 bits per heavy atom. The Bertz CT molecular complexity index is 980. The molecule has 0 bridgehead atoms. The molecule has 1 aliphatic heterocycles. The smallest absolute Gasteiger partial charge is 0.337 e. The van der Waals surface area contributed by atoms with Crippen molar-refractivity contribution in [3.63, 3.8) is 0 Å². The lowest BCUT2D eigenvalue weighted by atomic mass is 10.1. The molecule has 31 heavy (non-hydrogen) atoms. The molecule has 1 fully saturated rings. The highest BCUT2D eigenvalue weighted by molar-refractivity contribution is 6.00. The molecule has 0 radical (unpaired) electrons. The summed E-state index contributed by atoms with van der Waals surface area (Å²) in [5.74, 6) is -1.28. The molecule has 2 heterocycles. The summed E-state index contributed by atoms with van der Waals surface area (Å²) >= 11 is 0. The minimum atomic E-state index is -0.612. The van der Waals surface area contributed by atoms with Gasteiger partial charge in [0.2, 0.25) is 5.78 Å². The van der Waals surface area contributed by atoms with Crippen LogP contribution in [0.1, 0.15) is 50.5 Å². The maximum Gasteiger partial charge on any atom is 0.337 e. The van der Waals surface area contributed by atoms with Crippen molar-refractivity contribution in [2.24, 2.45) is 0 Å². The van der Waals surface area contributed by atoms with Gasteiger partial charge in [0.05, 0.1) is 18.8 Å². The van der Waals surface area contributed by atoms with Crippen molar-refractivity contribution in [3.05, 3.63) is 64.5 Å². The van der Waals surface area contributed by atoms with E-state index in [9.17, 15) is 14.4 Å². The number of methoxy groups -OCH3 is 1. The van der Waals surface area contributed by atoms with Gasteiger partial charge >= 0.3 is 11.9 Å². The highest BCUT2D eigenvalue weighted by atomic mass is 16.5. The fraction of sp³-hybridized carbons (Fsp3) is 0.375. The Balaban J connectivity index is 1.54. The summed E-state index contributed by atoms with van der Waals surface area (Å²) in [7, 11) is 1.31. The van der Waals surface area contributed by atoms with E-state index < -0.39 is 11.9 Å². The largest absolute Gasteiger partial charge is 0.465 e. The van der Waals surface area contributed by atoms with Gasteiger partial charge in [-0.25, -0.2) is 9.59 Å². The van der Waals surface area contributed by atoms with Gasteiger partial charge in [0, 0.05) is 36.2 Å². The molecular formula is C24H27NO6. The Morgan fingerprint density at radius 1 is 1.19 bits per heavy atom. The van der Waals surface area contributed by atoms with Crippen LogP contribution in [0.3, 0.4) is 0 Å². The first-order chi connectivity index (χ1) is 14.9. The van der Waals surface area contributed by atoms with Crippen molar-refractivity contribution < 1.29 is 28.6 Å². The number of nitrogens with zero attached hydrogens (tertiary/aromatic N) is 1. The molecule has 164 valence electrons. The van der Waals surface area contributed by atoms with Gasteiger partial charge in [-0.15, -0.1) is 0 Å². The number of carbonyl (C=O) groups excluding carboxylic acids is 3. The second-order valence-electron chi connectivity index (χ2n) is 7.51. The van der Waals surface area contributed by atoms with Gasteiger partial charge in [0.25, 0.3) is 0 Å². The Morgan fingerprint density at radius 2 is 1.94 bits per heavy atom. The van der Waals surface area contributed by atoms with Crippen molar-refractivity contribution in [1.29, 1.82) is 0 Å². The minimum absolute atomic E-state index is 0.178. The standard InChI is InChI=1S/C24H27NO6/c1-16-13-21(17(2)25(16)14-20-5-4-12-30-20)22(26)15-31-23(27)11-8-18-6-9-19(10-7-18)24(28)29-3/h6-11,13,20H,4-5,12,14-15H2,1-3H3/b11-8+/t20-/m0/s1. The normalized spacial score (nSPS) is 15.9. The summed E-state index contributed by atoms with van der Waals surface area (Å²) in [6.45, 7) is 5.04.